The SMILES string of the molecule is CC(C)N1CCN(C2CCN(C(=O)[C@@H](Cc3ccc4[nH]ncc4c3)OC(=O)N3CCC(N4CCc5ccccc5NC4=O)CC3)CC2)CC1. The van der Waals surface area contributed by atoms with Gasteiger partial charge in [-0.15, -0.1) is 0 Å². The fraction of sp³-hybridized carbons (Fsp3) is 0.568. The number of ether oxygens (including phenoxy) is 1. The summed E-state index contributed by atoms with van der Waals surface area (Å²) in [5.74, 6) is -0.126. The summed E-state index contributed by atoms with van der Waals surface area (Å²) < 4.78 is 6.11. The van der Waals surface area contributed by atoms with E-state index >= 15 is 0 Å². The van der Waals surface area contributed by atoms with Gasteiger partial charge in [-0.3, -0.25) is 19.7 Å². The van der Waals surface area contributed by atoms with Gasteiger partial charge in [-0.25, -0.2) is 9.59 Å². The third kappa shape index (κ3) is 7.55. The Morgan fingerprint density at radius 2 is 1.59 bits per heavy atom. The molecule has 262 valence electrons. The summed E-state index contributed by atoms with van der Waals surface area (Å²) in [6, 6.07) is 14.8. The molecular formula is C37H50N8O4. The van der Waals surface area contributed by atoms with Crippen molar-refractivity contribution in [2.75, 3.05) is 64.2 Å². The number of anilines is 1. The van der Waals surface area contributed by atoms with Crippen LogP contribution < -0.4 is 5.32 Å². The van der Waals surface area contributed by atoms with E-state index in [0.717, 1.165) is 73.2 Å². The Morgan fingerprint density at radius 1 is 0.878 bits per heavy atom. The molecule has 0 unspecified atom stereocenters. The number of urea groups is 1. The van der Waals surface area contributed by atoms with Crippen molar-refractivity contribution in [1.82, 2.24) is 34.7 Å². The number of piperazine rings is 1. The number of hydrogen-bond donors (Lipinski definition) is 2. The summed E-state index contributed by atoms with van der Waals surface area (Å²) in [6.07, 6.45) is 4.64. The molecule has 4 amide bonds. The smallest absolute Gasteiger partial charge is 0.410 e. The van der Waals surface area contributed by atoms with Gasteiger partial charge >= 0.3 is 12.1 Å². The predicted octanol–water partition coefficient (Wildman–Crippen LogP) is 4.18. The molecule has 12 heteroatoms. The Labute approximate surface area is 288 Å². The van der Waals surface area contributed by atoms with Crippen LogP contribution in [0.25, 0.3) is 10.9 Å². The zero-order valence-electron chi connectivity index (χ0n) is 28.9. The van der Waals surface area contributed by atoms with Gasteiger partial charge in [0.1, 0.15) is 0 Å². The standard InChI is InChI=1S/C37H50N8O4/c1-26(2)41-19-21-42(22-20-41)30-10-14-43(15-11-30)35(46)34(24-27-7-8-33-29(23-27)25-38-40-33)49-37(48)44-16-12-31(13-17-44)45-18-9-28-5-3-4-6-32(28)39-36(45)47/h3-8,23,25-26,30-31,34H,9-22,24H2,1-2H3,(H,38,40)(H,39,47)/t34-/m1/s1. The van der Waals surface area contributed by atoms with Gasteiger partial charge in [0.25, 0.3) is 5.91 Å². The molecule has 49 heavy (non-hydrogen) atoms. The number of aromatic amines is 1. The maximum Gasteiger partial charge on any atom is 0.410 e. The van der Waals surface area contributed by atoms with Crippen molar-refractivity contribution >= 4 is 34.6 Å². The van der Waals surface area contributed by atoms with Crippen LogP contribution in [0.15, 0.2) is 48.7 Å². The molecule has 7 rings (SSSR count). The van der Waals surface area contributed by atoms with E-state index in [1.807, 2.05) is 46.2 Å². The first kappa shape index (κ1) is 33.3. The van der Waals surface area contributed by atoms with Gasteiger partial charge in [0, 0.05) is 94.5 Å². The largest absolute Gasteiger partial charge is 0.436 e. The average Bonchev–Trinajstić information content (AvgIpc) is 3.53. The monoisotopic (exact) mass is 670 g/mol. The van der Waals surface area contributed by atoms with Crippen molar-refractivity contribution in [2.45, 2.75) is 76.6 Å². The van der Waals surface area contributed by atoms with Crippen molar-refractivity contribution in [1.29, 1.82) is 0 Å². The molecule has 3 saturated heterocycles. The Kier molecular flexibility index (Phi) is 10.0. The fourth-order valence-corrected chi connectivity index (χ4v) is 8.08. The van der Waals surface area contributed by atoms with E-state index in [2.05, 4.69) is 45.2 Å². The zero-order valence-corrected chi connectivity index (χ0v) is 28.9. The van der Waals surface area contributed by atoms with Gasteiger partial charge in [0.2, 0.25) is 0 Å². The predicted molar refractivity (Wildman–Crippen MR) is 188 cm³/mol. The van der Waals surface area contributed by atoms with Crippen LogP contribution in [0, 0.1) is 0 Å². The molecule has 4 aliphatic rings. The lowest BCUT2D eigenvalue weighted by Crippen LogP contribution is -2.56. The van der Waals surface area contributed by atoms with Crippen molar-refractivity contribution in [3.05, 3.63) is 59.8 Å². The number of rotatable bonds is 7. The Morgan fingerprint density at radius 3 is 2.35 bits per heavy atom. The van der Waals surface area contributed by atoms with Crippen LogP contribution in [0.3, 0.4) is 0 Å². The minimum atomic E-state index is -0.921. The first-order valence-corrected chi connectivity index (χ1v) is 18.1. The van der Waals surface area contributed by atoms with Gasteiger partial charge in [-0.05, 0) is 75.3 Å². The maximum absolute atomic E-state index is 14.1. The van der Waals surface area contributed by atoms with Crippen LogP contribution in [0.1, 0.15) is 50.7 Å². The van der Waals surface area contributed by atoms with E-state index in [1.165, 1.54) is 0 Å². The summed E-state index contributed by atoms with van der Waals surface area (Å²) in [7, 11) is 0. The lowest BCUT2D eigenvalue weighted by Gasteiger charge is -2.44. The summed E-state index contributed by atoms with van der Waals surface area (Å²) in [4.78, 5) is 51.5. The highest BCUT2D eigenvalue weighted by molar-refractivity contribution is 5.91. The van der Waals surface area contributed by atoms with Crippen LogP contribution in [-0.2, 0) is 22.4 Å². The van der Waals surface area contributed by atoms with Gasteiger partial charge in [0.15, 0.2) is 6.10 Å². The Hall–Kier alpha value is -4.16. The molecule has 0 spiro atoms. The number of H-pyrrole nitrogens is 1. The number of para-hydroxylation sites is 1. The van der Waals surface area contributed by atoms with Crippen LogP contribution in [0.2, 0.25) is 0 Å². The van der Waals surface area contributed by atoms with Gasteiger partial charge in [-0.2, -0.15) is 5.10 Å². The van der Waals surface area contributed by atoms with E-state index in [4.69, 9.17) is 4.74 Å². The second-order valence-corrected chi connectivity index (χ2v) is 14.3. The number of aromatic nitrogens is 2. The number of likely N-dealkylation sites (tertiary alicyclic amines) is 2. The maximum atomic E-state index is 14.1. The van der Waals surface area contributed by atoms with E-state index < -0.39 is 12.2 Å². The number of nitrogens with one attached hydrogen (secondary N) is 2. The molecule has 1 aromatic heterocycles. The summed E-state index contributed by atoms with van der Waals surface area (Å²) in [5, 5.41) is 11.1. The van der Waals surface area contributed by atoms with Gasteiger partial charge in [-0.1, -0.05) is 24.3 Å². The number of benzene rings is 2. The molecule has 1 atom stereocenters. The number of carbonyl (C=O) groups excluding carboxylic acids is 3. The van der Waals surface area contributed by atoms with Crippen LogP contribution in [-0.4, -0.2) is 136 Å². The normalized spacial score (nSPS) is 21.0. The highest BCUT2D eigenvalue weighted by atomic mass is 16.6. The number of amides is 4. The lowest BCUT2D eigenvalue weighted by atomic mass is 10.00. The summed E-state index contributed by atoms with van der Waals surface area (Å²) in [5.41, 5.74) is 3.85. The topological polar surface area (TPSA) is 117 Å². The molecule has 0 bridgehead atoms. The lowest BCUT2D eigenvalue weighted by molar-refractivity contribution is -0.142. The van der Waals surface area contributed by atoms with Gasteiger partial charge < -0.3 is 24.8 Å². The Balaban J connectivity index is 0.971. The molecule has 0 saturated carbocycles. The molecule has 2 N–H and O–H groups in total. The first-order valence-electron chi connectivity index (χ1n) is 18.1. The van der Waals surface area contributed by atoms with Crippen molar-refractivity contribution in [3.8, 4) is 0 Å². The molecule has 4 aliphatic heterocycles. The summed E-state index contributed by atoms with van der Waals surface area (Å²) >= 11 is 0. The first-order chi connectivity index (χ1) is 23.8. The van der Waals surface area contributed by atoms with Crippen molar-refractivity contribution in [3.63, 3.8) is 0 Å². The zero-order chi connectivity index (χ0) is 33.9. The minimum absolute atomic E-state index is 0.0344. The fourth-order valence-electron chi connectivity index (χ4n) is 8.08. The quantitative estimate of drug-likeness (QED) is 0.388. The third-order valence-electron chi connectivity index (χ3n) is 11.1. The summed E-state index contributed by atoms with van der Waals surface area (Å²) in [6.45, 7) is 11.7. The molecule has 3 aromatic rings. The number of hydrogen-bond acceptors (Lipinski definition) is 7. The molecular weight excluding hydrogens is 620 g/mol. The molecule has 3 fully saturated rings. The number of piperidine rings is 2. The highest BCUT2D eigenvalue weighted by Gasteiger charge is 2.36. The van der Waals surface area contributed by atoms with Gasteiger partial charge in [0.05, 0.1) is 11.7 Å². The molecule has 0 radical (unpaired) electrons. The minimum Gasteiger partial charge on any atom is -0.436 e. The molecule has 0 aliphatic carbocycles. The van der Waals surface area contributed by atoms with Crippen LogP contribution in [0.5, 0.6) is 0 Å². The highest BCUT2D eigenvalue weighted by Crippen LogP contribution is 2.26. The molecule has 12 nitrogen and oxygen atoms in total. The second-order valence-electron chi connectivity index (χ2n) is 14.3. The molecule has 2 aromatic carbocycles. The molecule has 5 heterocycles. The second kappa shape index (κ2) is 14.8. The average molecular weight is 671 g/mol. The van der Waals surface area contributed by atoms with Crippen LogP contribution in [0.4, 0.5) is 15.3 Å². The van der Waals surface area contributed by atoms with E-state index in [0.29, 0.717) is 64.1 Å². The van der Waals surface area contributed by atoms with E-state index in [-0.39, 0.29) is 18.0 Å². The van der Waals surface area contributed by atoms with Crippen molar-refractivity contribution < 1.29 is 19.1 Å². The van der Waals surface area contributed by atoms with Crippen LogP contribution >= 0.6 is 0 Å². The number of nitrogens with zero attached hydrogens (tertiary/aromatic N) is 6. The van der Waals surface area contributed by atoms with E-state index in [1.54, 1.807) is 11.1 Å². The number of carbonyl (C=O) groups is 3. The van der Waals surface area contributed by atoms with E-state index in [9.17, 15) is 14.4 Å². The third-order valence-corrected chi connectivity index (χ3v) is 11.1. The van der Waals surface area contributed by atoms with Crippen molar-refractivity contribution in [2.24, 2.45) is 0 Å². The Bertz CT molecular complexity index is 1620. The number of fused-ring (bicyclic) bond motifs is 2.